The first-order chi connectivity index (χ1) is 8.83. The van der Waals surface area contributed by atoms with Crippen LogP contribution >= 0.6 is 11.6 Å². The number of rotatable bonds is 4. The van der Waals surface area contributed by atoms with E-state index in [4.69, 9.17) is 21.1 Å². The minimum Gasteiger partial charge on any atom is -0.448 e. The molecule has 0 saturated heterocycles. The number of ether oxygens (including phenoxy) is 2. The summed E-state index contributed by atoms with van der Waals surface area (Å²) in [5.74, 6) is -0.393. The maximum atomic E-state index is 11.9. The van der Waals surface area contributed by atoms with E-state index in [-0.39, 0.29) is 12.0 Å². The zero-order valence-electron chi connectivity index (χ0n) is 11.7. The second kappa shape index (κ2) is 6.98. The third-order valence-corrected chi connectivity index (χ3v) is 3.10. The van der Waals surface area contributed by atoms with Crippen LogP contribution in [0.5, 0.6) is 0 Å². The Balaban J connectivity index is 2.63. The summed E-state index contributed by atoms with van der Waals surface area (Å²) in [6, 6.07) is -0.881. The van der Waals surface area contributed by atoms with Crippen LogP contribution in [0.3, 0.4) is 0 Å². The van der Waals surface area contributed by atoms with Crippen LogP contribution in [-0.2, 0) is 14.3 Å². The second-order valence-electron chi connectivity index (χ2n) is 5.74. The molecule has 1 fully saturated rings. The smallest absolute Gasteiger partial charge is 0.408 e. The van der Waals surface area contributed by atoms with Crippen molar-refractivity contribution in [3.05, 3.63) is 0 Å². The number of alkyl carbamates (subject to hydrolysis) is 1. The maximum Gasteiger partial charge on any atom is 0.408 e. The van der Waals surface area contributed by atoms with Gasteiger partial charge in [-0.25, -0.2) is 9.59 Å². The first kappa shape index (κ1) is 16.1. The number of amides is 1. The van der Waals surface area contributed by atoms with E-state index in [1.165, 1.54) is 0 Å². The summed E-state index contributed by atoms with van der Waals surface area (Å²) < 4.78 is 9.97. The molecule has 0 aromatic carbocycles. The van der Waals surface area contributed by atoms with Gasteiger partial charge in [-0.3, -0.25) is 0 Å². The number of esters is 1. The summed E-state index contributed by atoms with van der Waals surface area (Å²) in [7, 11) is 0. The molecule has 0 bridgehead atoms. The zero-order valence-corrected chi connectivity index (χ0v) is 12.5. The van der Waals surface area contributed by atoms with Crippen LogP contribution in [0.4, 0.5) is 4.79 Å². The lowest BCUT2D eigenvalue weighted by Gasteiger charge is -2.25. The predicted molar refractivity (Wildman–Crippen MR) is 71.9 cm³/mol. The molecule has 6 heteroatoms. The van der Waals surface area contributed by atoms with Crippen molar-refractivity contribution in [2.24, 2.45) is 5.92 Å². The predicted octanol–water partition coefficient (Wildman–Crippen LogP) is 2.81. The van der Waals surface area contributed by atoms with Gasteiger partial charge in [-0.2, -0.15) is 0 Å². The molecule has 1 N–H and O–H groups in total. The monoisotopic (exact) mass is 291 g/mol. The Morgan fingerprint density at radius 3 is 2.37 bits per heavy atom. The highest BCUT2D eigenvalue weighted by molar-refractivity contribution is 6.17. The maximum absolute atomic E-state index is 11.9. The van der Waals surface area contributed by atoms with Crippen molar-refractivity contribution in [1.82, 2.24) is 5.32 Å². The molecular formula is C13H22ClNO4. The molecule has 0 heterocycles. The lowest BCUT2D eigenvalue weighted by atomic mass is 9.98. The number of carbonyl (C=O) groups excluding carboxylic acids is 2. The molecule has 1 saturated carbocycles. The molecule has 1 atom stereocenters. The summed E-state index contributed by atoms with van der Waals surface area (Å²) >= 11 is 5.40. The van der Waals surface area contributed by atoms with E-state index >= 15 is 0 Å². The molecule has 0 aromatic rings. The molecule has 1 amide bonds. The summed E-state index contributed by atoms with van der Waals surface area (Å²) in [5.41, 5.74) is -0.597. The van der Waals surface area contributed by atoms with Gasteiger partial charge in [-0.1, -0.05) is 24.4 Å². The van der Waals surface area contributed by atoms with Gasteiger partial charge in [0.15, 0.2) is 6.07 Å². The van der Waals surface area contributed by atoms with Crippen molar-refractivity contribution in [2.45, 2.75) is 58.1 Å². The Morgan fingerprint density at radius 1 is 1.32 bits per heavy atom. The minimum absolute atomic E-state index is 0.100. The number of carbonyl (C=O) groups is 2. The van der Waals surface area contributed by atoms with Crippen molar-refractivity contribution in [3.63, 3.8) is 0 Å². The molecule has 5 nitrogen and oxygen atoms in total. The van der Waals surface area contributed by atoms with Gasteiger partial charge >= 0.3 is 12.1 Å². The van der Waals surface area contributed by atoms with Crippen molar-refractivity contribution >= 4 is 23.7 Å². The molecule has 0 aliphatic heterocycles. The van der Waals surface area contributed by atoms with Crippen LogP contribution in [-0.4, -0.2) is 29.8 Å². The zero-order chi connectivity index (χ0) is 14.5. The fraction of sp³-hybridized carbons (Fsp3) is 0.846. The third kappa shape index (κ3) is 5.68. The lowest BCUT2D eigenvalue weighted by Crippen LogP contribution is -2.47. The average Bonchev–Trinajstić information content (AvgIpc) is 2.76. The van der Waals surface area contributed by atoms with Crippen LogP contribution in [0, 0.1) is 5.92 Å². The minimum atomic E-state index is -0.670. The van der Waals surface area contributed by atoms with Crippen LogP contribution in [0.2, 0.25) is 0 Å². The fourth-order valence-electron chi connectivity index (χ4n) is 2.24. The van der Waals surface area contributed by atoms with Gasteiger partial charge in [0.05, 0.1) is 0 Å². The number of hydrogen-bond donors (Lipinski definition) is 1. The van der Waals surface area contributed by atoms with Crippen molar-refractivity contribution in [3.8, 4) is 0 Å². The summed E-state index contributed by atoms with van der Waals surface area (Å²) in [6.07, 6.45) is 3.32. The summed E-state index contributed by atoms with van der Waals surface area (Å²) in [4.78, 5) is 23.6. The van der Waals surface area contributed by atoms with E-state index in [1.54, 1.807) is 20.8 Å². The van der Waals surface area contributed by atoms with Gasteiger partial charge < -0.3 is 14.8 Å². The molecule has 110 valence electrons. The van der Waals surface area contributed by atoms with Gasteiger partial charge in [-0.05, 0) is 39.5 Å². The molecule has 0 spiro atoms. The topological polar surface area (TPSA) is 64.6 Å². The van der Waals surface area contributed by atoms with Gasteiger partial charge in [0.2, 0.25) is 0 Å². The number of alkyl halides is 1. The molecule has 1 aliphatic carbocycles. The molecule has 1 rings (SSSR count). The van der Waals surface area contributed by atoms with E-state index < -0.39 is 23.7 Å². The second-order valence-corrected chi connectivity index (χ2v) is 5.96. The number of hydrogen-bond acceptors (Lipinski definition) is 4. The van der Waals surface area contributed by atoms with E-state index in [0.717, 1.165) is 25.7 Å². The molecule has 19 heavy (non-hydrogen) atoms. The molecule has 0 radical (unpaired) electrons. The van der Waals surface area contributed by atoms with Crippen LogP contribution in [0.15, 0.2) is 0 Å². The molecule has 0 aromatic heterocycles. The van der Waals surface area contributed by atoms with E-state index in [9.17, 15) is 9.59 Å². The van der Waals surface area contributed by atoms with Gasteiger partial charge in [0.1, 0.15) is 11.6 Å². The van der Waals surface area contributed by atoms with Crippen molar-refractivity contribution in [2.75, 3.05) is 6.07 Å². The summed E-state index contributed by atoms with van der Waals surface area (Å²) in [5, 5.41) is 2.61. The third-order valence-electron chi connectivity index (χ3n) is 2.99. The fourth-order valence-corrected chi connectivity index (χ4v) is 2.35. The Labute approximate surface area is 119 Å². The standard InChI is InChI=1S/C13H22ClNO4/c1-13(2,3)19-12(17)15-10(11(16)18-8-14)9-6-4-5-7-9/h9-10H,4-8H2,1-3H3,(H,15,17). The Morgan fingerprint density at radius 2 is 1.89 bits per heavy atom. The first-order valence-corrected chi connectivity index (χ1v) is 7.09. The SMILES string of the molecule is CC(C)(C)OC(=O)NC(C(=O)OCCl)C1CCCC1. The lowest BCUT2D eigenvalue weighted by molar-refractivity contribution is -0.145. The quantitative estimate of drug-likeness (QED) is 0.639. The Kier molecular flexibility index (Phi) is 5.91. The van der Waals surface area contributed by atoms with Gasteiger partial charge in [-0.15, -0.1) is 0 Å². The van der Waals surface area contributed by atoms with Gasteiger partial charge in [0.25, 0.3) is 0 Å². The highest BCUT2D eigenvalue weighted by atomic mass is 35.5. The highest BCUT2D eigenvalue weighted by Crippen LogP contribution is 2.28. The van der Waals surface area contributed by atoms with Crippen molar-refractivity contribution < 1.29 is 19.1 Å². The summed E-state index contributed by atoms with van der Waals surface area (Å²) in [6.45, 7) is 5.32. The van der Waals surface area contributed by atoms with Crippen molar-refractivity contribution in [1.29, 1.82) is 0 Å². The van der Waals surface area contributed by atoms with Crippen LogP contribution in [0.25, 0.3) is 0 Å². The van der Waals surface area contributed by atoms with E-state index in [1.807, 2.05) is 0 Å². The Hall–Kier alpha value is -0.970. The van der Waals surface area contributed by atoms with E-state index in [0.29, 0.717) is 0 Å². The highest BCUT2D eigenvalue weighted by Gasteiger charge is 2.34. The van der Waals surface area contributed by atoms with Crippen LogP contribution < -0.4 is 5.32 Å². The average molecular weight is 292 g/mol. The molecule has 1 unspecified atom stereocenters. The number of nitrogens with one attached hydrogen (secondary N) is 1. The molecule has 1 aliphatic rings. The first-order valence-electron chi connectivity index (χ1n) is 6.55. The number of halogens is 1. The van der Waals surface area contributed by atoms with Crippen LogP contribution in [0.1, 0.15) is 46.5 Å². The Bertz CT molecular complexity index is 321. The molecular weight excluding hydrogens is 270 g/mol. The normalized spacial score (nSPS) is 17.9. The van der Waals surface area contributed by atoms with Gasteiger partial charge in [0, 0.05) is 0 Å². The van der Waals surface area contributed by atoms with E-state index in [2.05, 4.69) is 5.32 Å². The largest absolute Gasteiger partial charge is 0.448 e.